The van der Waals surface area contributed by atoms with Gasteiger partial charge in [-0.05, 0) is 51.6 Å². The Labute approximate surface area is 170 Å². The molecule has 0 atom stereocenters. The van der Waals surface area contributed by atoms with E-state index < -0.39 is 0 Å². The van der Waals surface area contributed by atoms with Crippen LogP contribution in [0.1, 0.15) is 44.4 Å². The van der Waals surface area contributed by atoms with E-state index in [1.165, 1.54) is 38.1 Å². The summed E-state index contributed by atoms with van der Waals surface area (Å²) in [6, 6.07) is 15.6. The molecule has 140 valence electrons. The molecule has 0 unspecified atom stereocenters. The Hall–Kier alpha value is -2.52. The van der Waals surface area contributed by atoms with Gasteiger partial charge in [-0.3, -0.25) is 0 Å². The van der Waals surface area contributed by atoms with Gasteiger partial charge in [0.1, 0.15) is 6.33 Å². The third-order valence-electron chi connectivity index (χ3n) is 5.91. The van der Waals surface area contributed by atoms with Crippen molar-refractivity contribution in [3.63, 3.8) is 0 Å². The molecular formula is C25H24N2S. The lowest BCUT2D eigenvalue weighted by Crippen LogP contribution is -2.14. The summed E-state index contributed by atoms with van der Waals surface area (Å²) >= 11 is 1.77. The molecule has 0 aliphatic heterocycles. The van der Waals surface area contributed by atoms with Gasteiger partial charge in [-0.1, -0.05) is 64.1 Å². The third-order valence-corrected chi connectivity index (χ3v) is 6.94. The third kappa shape index (κ3) is 2.53. The molecule has 0 saturated heterocycles. The Morgan fingerprint density at radius 3 is 2.57 bits per heavy atom. The number of thiophene rings is 1. The Morgan fingerprint density at radius 2 is 1.75 bits per heavy atom. The van der Waals surface area contributed by atoms with Crippen molar-refractivity contribution in [2.75, 3.05) is 0 Å². The predicted molar refractivity (Wildman–Crippen MR) is 119 cm³/mol. The fraction of sp³-hybridized carbons (Fsp3) is 0.280. The summed E-state index contributed by atoms with van der Waals surface area (Å²) < 4.78 is 1.20. The van der Waals surface area contributed by atoms with Crippen molar-refractivity contribution >= 4 is 21.6 Å². The van der Waals surface area contributed by atoms with Gasteiger partial charge in [0.15, 0.2) is 0 Å². The minimum Gasteiger partial charge on any atom is -0.235 e. The van der Waals surface area contributed by atoms with E-state index in [2.05, 4.69) is 80.5 Å². The molecule has 2 nitrogen and oxygen atoms in total. The smallest absolute Gasteiger partial charge is 0.116 e. The Balaban J connectivity index is 1.67. The summed E-state index contributed by atoms with van der Waals surface area (Å²) in [6.07, 6.45) is 2.78. The number of aromatic nitrogens is 2. The van der Waals surface area contributed by atoms with E-state index in [1.807, 2.05) is 0 Å². The molecule has 1 aliphatic carbocycles. The maximum Gasteiger partial charge on any atom is 0.116 e. The molecule has 0 saturated carbocycles. The van der Waals surface area contributed by atoms with Gasteiger partial charge in [0.25, 0.3) is 0 Å². The van der Waals surface area contributed by atoms with Gasteiger partial charge in [0.05, 0.1) is 15.9 Å². The van der Waals surface area contributed by atoms with Crippen LogP contribution in [-0.4, -0.2) is 9.97 Å². The van der Waals surface area contributed by atoms with Crippen LogP contribution in [0.3, 0.4) is 0 Å². The second kappa shape index (κ2) is 6.25. The highest BCUT2D eigenvalue weighted by molar-refractivity contribution is 7.17. The van der Waals surface area contributed by atoms with Gasteiger partial charge in [-0.15, -0.1) is 11.3 Å². The zero-order valence-electron chi connectivity index (χ0n) is 16.8. The topological polar surface area (TPSA) is 25.8 Å². The molecule has 0 fully saturated rings. The van der Waals surface area contributed by atoms with Crippen molar-refractivity contribution in [2.24, 2.45) is 5.92 Å². The average Bonchev–Trinajstić information content (AvgIpc) is 3.19. The highest BCUT2D eigenvalue weighted by Crippen LogP contribution is 2.49. The lowest BCUT2D eigenvalue weighted by atomic mass is 9.82. The van der Waals surface area contributed by atoms with Crippen LogP contribution in [0.2, 0.25) is 0 Å². The lowest BCUT2D eigenvalue weighted by molar-refractivity contribution is 0.650. The molecule has 2 heterocycles. The van der Waals surface area contributed by atoms with Crippen molar-refractivity contribution in [3.8, 4) is 22.4 Å². The maximum atomic E-state index is 4.69. The second-order valence-corrected chi connectivity index (χ2v) is 9.57. The van der Waals surface area contributed by atoms with Crippen LogP contribution >= 0.6 is 11.3 Å². The van der Waals surface area contributed by atoms with Crippen molar-refractivity contribution in [1.29, 1.82) is 0 Å². The SMILES string of the molecule is CC(C)Cc1csc2c(-c3ccc4c(c3)C(C)(C)c3ccccc3-4)ncnc12. The molecule has 4 aromatic rings. The molecule has 0 amide bonds. The van der Waals surface area contributed by atoms with Crippen molar-refractivity contribution in [1.82, 2.24) is 9.97 Å². The van der Waals surface area contributed by atoms with E-state index in [0.717, 1.165) is 17.6 Å². The maximum absolute atomic E-state index is 4.69. The molecule has 3 heteroatoms. The first-order valence-electron chi connectivity index (χ1n) is 9.92. The number of rotatable bonds is 3. The van der Waals surface area contributed by atoms with Gasteiger partial charge in [-0.25, -0.2) is 9.97 Å². The van der Waals surface area contributed by atoms with E-state index in [0.29, 0.717) is 5.92 Å². The van der Waals surface area contributed by atoms with Crippen molar-refractivity contribution < 1.29 is 0 Å². The monoisotopic (exact) mass is 384 g/mol. The zero-order valence-corrected chi connectivity index (χ0v) is 17.6. The fourth-order valence-corrected chi connectivity index (χ4v) is 5.59. The number of benzene rings is 2. The number of fused-ring (bicyclic) bond motifs is 4. The van der Waals surface area contributed by atoms with Gasteiger partial charge in [0, 0.05) is 11.0 Å². The quantitative estimate of drug-likeness (QED) is 0.385. The summed E-state index contributed by atoms with van der Waals surface area (Å²) in [5.41, 5.74) is 10.2. The lowest BCUT2D eigenvalue weighted by Gasteiger charge is -2.21. The van der Waals surface area contributed by atoms with Crippen molar-refractivity contribution in [2.45, 2.75) is 39.5 Å². The van der Waals surface area contributed by atoms with Crippen LogP contribution in [-0.2, 0) is 11.8 Å². The Kier molecular flexibility index (Phi) is 3.92. The molecule has 0 spiro atoms. The molecule has 2 aromatic carbocycles. The highest BCUT2D eigenvalue weighted by atomic mass is 32.1. The molecule has 0 N–H and O–H groups in total. The normalized spacial score (nSPS) is 14.5. The molecule has 0 radical (unpaired) electrons. The Bertz CT molecular complexity index is 1200. The molecular weight excluding hydrogens is 360 g/mol. The first-order chi connectivity index (χ1) is 13.5. The summed E-state index contributed by atoms with van der Waals surface area (Å²) in [7, 11) is 0. The largest absolute Gasteiger partial charge is 0.235 e. The minimum absolute atomic E-state index is 0.00629. The van der Waals surface area contributed by atoms with Gasteiger partial charge < -0.3 is 0 Å². The molecule has 5 rings (SSSR count). The number of hydrogen-bond donors (Lipinski definition) is 0. The van der Waals surface area contributed by atoms with E-state index in [9.17, 15) is 0 Å². The van der Waals surface area contributed by atoms with Crippen molar-refractivity contribution in [3.05, 3.63) is 70.9 Å². The van der Waals surface area contributed by atoms with E-state index >= 15 is 0 Å². The summed E-state index contributed by atoms with van der Waals surface area (Å²) in [5.74, 6) is 0.621. The van der Waals surface area contributed by atoms with Crippen LogP contribution in [0.5, 0.6) is 0 Å². The number of hydrogen-bond acceptors (Lipinski definition) is 3. The van der Waals surface area contributed by atoms with E-state index in [-0.39, 0.29) is 5.41 Å². The van der Waals surface area contributed by atoms with Crippen LogP contribution in [0, 0.1) is 5.92 Å². The molecule has 28 heavy (non-hydrogen) atoms. The van der Waals surface area contributed by atoms with E-state index in [1.54, 1.807) is 17.7 Å². The first kappa shape index (κ1) is 17.6. The Morgan fingerprint density at radius 1 is 0.964 bits per heavy atom. The summed E-state index contributed by atoms with van der Waals surface area (Å²) in [5, 5.41) is 2.26. The average molecular weight is 385 g/mol. The minimum atomic E-state index is 0.00629. The first-order valence-corrected chi connectivity index (χ1v) is 10.8. The molecule has 0 bridgehead atoms. The fourth-order valence-electron chi connectivity index (χ4n) is 4.54. The van der Waals surface area contributed by atoms with Crippen LogP contribution in [0.15, 0.2) is 54.2 Å². The summed E-state index contributed by atoms with van der Waals surface area (Å²) in [6.45, 7) is 9.16. The van der Waals surface area contributed by atoms with Gasteiger partial charge in [-0.2, -0.15) is 0 Å². The van der Waals surface area contributed by atoms with Gasteiger partial charge in [0.2, 0.25) is 0 Å². The number of nitrogens with zero attached hydrogens (tertiary/aromatic N) is 2. The standard InChI is InChI=1S/C25H24N2S/c1-15(2)11-17-13-28-24-22(26-14-27-23(17)24)16-9-10-19-18-7-5-6-8-20(18)25(3,4)21(19)12-16/h5-10,12-15H,11H2,1-4H3. The molecule has 1 aliphatic rings. The molecule has 2 aromatic heterocycles. The zero-order chi connectivity index (χ0) is 19.5. The highest BCUT2D eigenvalue weighted by Gasteiger charge is 2.35. The van der Waals surface area contributed by atoms with Crippen LogP contribution in [0.25, 0.3) is 32.6 Å². The second-order valence-electron chi connectivity index (χ2n) is 8.69. The predicted octanol–water partition coefficient (Wildman–Crippen LogP) is 6.86. The summed E-state index contributed by atoms with van der Waals surface area (Å²) in [4.78, 5) is 9.30. The van der Waals surface area contributed by atoms with Crippen LogP contribution in [0.4, 0.5) is 0 Å². The van der Waals surface area contributed by atoms with Gasteiger partial charge >= 0.3 is 0 Å². The van der Waals surface area contributed by atoms with E-state index in [4.69, 9.17) is 4.98 Å². The van der Waals surface area contributed by atoms with Crippen LogP contribution < -0.4 is 0 Å².